The number of sulfonamides is 1. The second-order valence-corrected chi connectivity index (χ2v) is 10.3. The van der Waals surface area contributed by atoms with E-state index in [9.17, 15) is 13.2 Å². The van der Waals surface area contributed by atoms with Crippen LogP contribution >= 0.6 is 0 Å². The fourth-order valence-electron chi connectivity index (χ4n) is 4.17. The van der Waals surface area contributed by atoms with Gasteiger partial charge in [-0.15, -0.1) is 0 Å². The van der Waals surface area contributed by atoms with E-state index >= 15 is 0 Å². The SMILES string of the molecule is CCn1c(CCC(=O)N(C)CC2CCCC2)nc2cc(S(=O)(=O)N(C)C)ccc21. The highest BCUT2D eigenvalue weighted by Crippen LogP contribution is 2.26. The van der Waals surface area contributed by atoms with Crippen LogP contribution in [0.1, 0.15) is 44.9 Å². The predicted octanol–water partition coefficient (Wildman–Crippen LogP) is 2.89. The Bertz CT molecular complexity index is 975. The molecule has 29 heavy (non-hydrogen) atoms. The number of rotatable bonds is 8. The Morgan fingerprint density at radius 1 is 1.21 bits per heavy atom. The molecule has 1 fully saturated rings. The van der Waals surface area contributed by atoms with E-state index in [1.54, 1.807) is 18.2 Å². The summed E-state index contributed by atoms with van der Waals surface area (Å²) < 4.78 is 28.1. The molecular formula is C21H32N4O3S. The number of hydrogen-bond acceptors (Lipinski definition) is 4. The molecule has 0 N–H and O–H groups in total. The molecule has 1 amide bonds. The van der Waals surface area contributed by atoms with Crippen molar-refractivity contribution in [2.45, 2.75) is 56.9 Å². The van der Waals surface area contributed by atoms with Crippen LogP contribution in [0.5, 0.6) is 0 Å². The van der Waals surface area contributed by atoms with Crippen molar-refractivity contribution in [3.63, 3.8) is 0 Å². The van der Waals surface area contributed by atoms with E-state index < -0.39 is 10.0 Å². The van der Waals surface area contributed by atoms with Crippen molar-refractivity contribution < 1.29 is 13.2 Å². The molecule has 0 radical (unpaired) electrons. The maximum atomic E-state index is 12.6. The van der Waals surface area contributed by atoms with Crippen molar-refractivity contribution in [1.82, 2.24) is 18.8 Å². The minimum Gasteiger partial charge on any atom is -0.345 e. The fourth-order valence-corrected chi connectivity index (χ4v) is 5.09. The van der Waals surface area contributed by atoms with E-state index in [4.69, 9.17) is 0 Å². The number of aromatic nitrogens is 2. The molecular weight excluding hydrogens is 388 g/mol. The van der Waals surface area contributed by atoms with Gasteiger partial charge in [0.15, 0.2) is 0 Å². The number of aryl methyl sites for hydroxylation is 2. The molecule has 160 valence electrons. The standard InChI is InChI=1S/C21H32N4O3S/c1-5-25-19-11-10-17(29(27,28)23(2)3)14-18(19)22-20(25)12-13-21(26)24(4)15-16-8-6-7-9-16/h10-11,14,16H,5-9,12-13,15H2,1-4H3. The topological polar surface area (TPSA) is 75.5 Å². The van der Waals surface area contributed by atoms with Gasteiger partial charge < -0.3 is 9.47 Å². The molecule has 1 heterocycles. The summed E-state index contributed by atoms with van der Waals surface area (Å²) in [5.74, 6) is 1.60. The third-order valence-corrected chi connectivity index (χ3v) is 7.70. The lowest BCUT2D eigenvalue weighted by Crippen LogP contribution is -2.31. The molecule has 0 aliphatic heterocycles. The number of imidazole rings is 1. The monoisotopic (exact) mass is 420 g/mol. The fraction of sp³-hybridized carbons (Fsp3) is 0.619. The van der Waals surface area contributed by atoms with E-state index in [1.165, 1.54) is 44.1 Å². The first kappa shape index (κ1) is 21.8. The Morgan fingerprint density at radius 2 is 1.90 bits per heavy atom. The summed E-state index contributed by atoms with van der Waals surface area (Å²) in [6, 6.07) is 5.05. The molecule has 0 spiro atoms. The van der Waals surface area contributed by atoms with Gasteiger partial charge in [0.25, 0.3) is 0 Å². The van der Waals surface area contributed by atoms with E-state index in [-0.39, 0.29) is 10.8 Å². The summed E-state index contributed by atoms with van der Waals surface area (Å²) in [7, 11) is 1.42. The molecule has 1 aromatic carbocycles. The van der Waals surface area contributed by atoms with Gasteiger partial charge in [-0.1, -0.05) is 12.8 Å². The molecule has 1 saturated carbocycles. The molecule has 0 unspecified atom stereocenters. The van der Waals surface area contributed by atoms with Gasteiger partial charge in [0.05, 0.1) is 15.9 Å². The van der Waals surface area contributed by atoms with Crippen molar-refractivity contribution in [2.75, 3.05) is 27.7 Å². The molecule has 0 atom stereocenters. The minimum atomic E-state index is -3.50. The Balaban J connectivity index is 1.75. The highest BCUT2D eigenvalue weighted by molar-refractivity contribution is 7.89. The highest BCUT2D eigenvalue weighted by Gasteiger charge is 2.21. The lowest BCUT2D eigenvalue weighted by atomic mass is 10.1. The van der Waals surface area contributed by atoms with Gasteiger partial charge in [0.2, 0.25) is 15.9 Å². The Morgan fingerprint density at radius 3 is 2.52 bits per heavy atom. The summed E-state index contributed by atoms with van der Waals surface area (Å²) in [5, 5.41) is 0. The first-order chi connectivity index (χ1) is 13.7. The van der Waals surface area contributed by atoms with Crippen molar-refractivity contribution in [3.05, 3.63) is 24.0 Å². The maximum Gasteiger partial charge on any atom is 0.242 e. The van der Waals surface area contributed by atoms with E-state index in [2.05, 4.69) is 9.55 Å². The largest absolute Gasteiger partial charge is 0.345 e. The number of amides is 1. The van der Waals surface area contributed by atoms with Crippen LogP contribution in [-0.4, -0.2) is 60.8 Å². The highest BCUT2D eigenvalue weighted by atomic mass is 32.2. The summed E-state index contributed by atoms with van der Waals surface area (Å²) >= 11 is 0. The van der Waals surface area contributed by atoms with Crippen LogP contribution < -0.4 is 0 Å². The summed E-state index contributed by atoms with van der Waals surface area (Å²) in [6.45, 7) is 3.59. The van der Waals surface area contributed by atoms with Crippen molar-refractivity contribution in [2.24, 2.45) is 5.92 Å². The third kappa shape index (κ3) is 4.64. The van der Waals surface area contributed by atoms with Crippen molar-refractivity contribution >= 4 is 27.0 Å². The van der Waals surface area contributed by atoms with Gasteiger partial charge in [0.1, 0.15) is 5.82 Å². The number of hydrogen-bond donors (Lipinski definition) is 0. The second-order valence-electron chi connectivity index (χ2n) is 8.13. The number of benzene rings is 1. The van der Waals surface area contributed by atoms with Crippen LogP contribution in [0.2, 0.25) is 0 Å². The molecule has 2 aromatic rings. The van der Waals surface area contributed by atoms with Crippen molar-refractivity contribution in [1.29, 1.82) is 0 Å². The van der Waals surface area contributed by atoms with Gasteiger partial charge >= 0.3 is 0 Å². The average molecular weight is 421 g/mol. The molecule has 3 rings (SSSR count). The van der Waals surface area contributed by atoms with Crippen LogP contribution in [0.25, 0.3) is 11.0 Å². The number of fused-ring (bicyclic) bond motifs is 1. The maximum absolute atomic E-state index is 12.6. The lowest BCUT2D eigenvalue weighted by Gasteiger charge is -2.21. The molecule has 1 aliphatic carbocycles. The molecule has 1 aromatic heterocycles. The summed E-state index contributed by atoms with van der Waals surface area (Å²) in [4.78, 5) is 19.3. The van der Waals surface area contributed by atoms with Crippen molar-refractivity contribution in [3.8, 4) is 0 Å². The Hall–Kier alpha value is -1.93. The second kappa shape index (κ2) is 8.83. The molecule has 0 saturated heterocycles. The zero-order valence-electron chi connectivity index (χ0n) is 17.9. The number of carbonyl (C=O) groups is 1. The predicted molar refractivity (Wildman–Crippen MR) is 114 cm³/mol. The van der Waals surface area contributed by atoms with Crippen LogP contribution in [0.15, 0.2) is 23.1 Å². The van der Waals surface area contributed by atoms with Gasteiger partial charge in [-0.3, -0.25) is 4.79 Å². The average Bonchev–Trinajstić information content (AvgIpc) is 3.31. The first-order valence-electron chi connectivity index (χ1n) is 10.4. The quantitative estimate of drug-likeness (QED) is 0.658. The van der Waals surface area contributed by atoms with E-state index in [0.29, 0.717) is 24.3 Å². The number of nitrogens with zero attached hydrogens (tertiary/aromatic N) is 4. The van der Waals surface area contributed by atoms with Gasteiger partial charge in [-0.05, 0) is 43.9 Å². The van der Waals surface area contributed by atoms with Crippen LogP contribution in [0, 0.1) is 5.92 Å². The zero-order valence-corrected chi connectivity index (χ0v) is 18.7. The smallest absolute Gasteiger partial charge is 0.242 e. The van der Waals surface area contributed by atoms with Crippen LogP contribution in [0.4, 0.5) is 0 Å². The van der Waals surface area contributed by atoms with E-state index in [1.807, 2.05) is 18.9 Å². The molecule has 1 aliphatic rings. The molecule has 7 nitrogen and oxygen atoms in total. The molecule has 0 bridgehead atoms. The van der Waals surface area contributed by atoms with Gasteiger partial charge in [-0.2, -0.15) is 0 Å². The Kier molecular flexibility index (Phi) is 6.63. The van der Waals surface area contributed by atoms with Gasteiger partial charge in [0, 0.05) is 47.1 Å². The summed E-state index contributed by atoms with van der Waals surface area (Å²) in [6.07, 6.45) is 5.96. The normalized spacial score (nSPS) is 15.5. The van der Waals surface area contributed by atoms with E-state index in [0.717, 1.165) is 24.4 Å². The number of carbonyl (C=O) groups excluding carboxylic acids is 1. The lowest BCUT2D eigenvalue weighted by molar-refractivity contribution is -0.130. The molecule has 8 heteroatoms. The van der Waals surface area contributed by atoms with Gasteiger partial charge in [-0.25, -0.2) is 17.7 Å². The summed E-state index contributed by atoms with van der Waals surface area (Å²) in [5.41, 5.74) is 1.54. The zero-order chi connectivity index (χ0) is 21.2. The minimum absolute atomic E-state index is 0.141. The Labute approximate surface area is 173 Å². The first-order valence-corrected chi connectivity index (χ1v) is 11.8. The van der Waals surface area contributed by atoms with Crippen LogP contribution in [-0.2, 0) is 27.8 Å². The van der Waals surface area contributed by atoms with Crippen LogP contribution in [0.3, 0.4) is 0 Å². The third-order valence-electron chi connectivity index (χ3n) is 5.89.